The van der Waals surface area contributed by atoms with E-state index in [4.69, 9.17) is 4.74 Å². The monoisotopic (exact) mass is 444 g/mol. The number of nitrogens with zero attached hydrogens (tertiary/aromatic N) is 1. The zero-order valence-corrected chi connectivity index (χ0v) is 17.7. The first-order chi connectivity index (χ1) is 15.4. The molecule has 0 saturated heterocycles. The molecule has 2 aromatic carbocycles. The molecule has 1 atom stereocenters. The van der Waals surface area contributed by atoms with Crippen LogP contribution >= 0.6 is 0 Å². The van der Waals surface area contributed by atoms with Crippen molar-refractivity contribution in [1.29, 1.82) is 0 Å². The van der Waals surface area contributed by atoms with Crippen molar-refractivity contribution in [2.45, 2.75) is 50.3 Å². The lowest BCUT2D eigenvalue weighted by atomic mass is 9.93. The second-order valence-electron chi connectivity index (χ2n) is 8.07. The van der Waals surface area contributed by atoms with Crippen LogP contribution in [-0.2, 0) is 6.42 Å². The smallest absolute Gasteiger partial charge is 0.315 e. The number of para-hydroxylation sites is 2. The first-order valence-corrected chi connectivity index (χ1v) is 10.6. The largest absolute Gasteiger partial charge is 0.494 e. The van der Waals surface area contributed by atoms with Crippen LogP contribution in [0.2, 0.25) is 0 Å². The number of rotatable bonds is 6. The van der Waals surface area contributed by atoms with Gasteiger partial charge in [0.05, 0.1) is 30.3 Å². The van der Waals surface area contributed by atoms with Gasteiger partial charge in [0.15, 0.2) is 11.6 Å². The molecule has 3 aromatic rings. The van der Waals surface area contributed by atoms with Crippen molar-refractivity contribution >= 4 is 17.1 Å². The molecule has 1 heterocycles. The number of carbonyl (C=O) groups is 1. The van der Waals surface area contributed by atoms with Crippen LogP contribution in [0.4, 0.5) is 13.6 Å². The zero-order valence-electron chi connectivity index (χ0n) is 17.7. The molecule has 0 bridgehead atoms. The third-order valence-corrected chi connectivity index (χ3v) is 5.85. The van der Waals surface area contributed by atoms with E-state index in [9.17, 15) is 18.7 Å². The van der Waals surface area contributed by atoms with Gasteiger partial charge in [-0.2, -0.15) is 4.39 Å². The summed E-state index contributed by atoms with van der Waals surface area (Å²) in [6.45, 7) is 0. The summed E-state index contributed by atoms with van der Waals surface area (Å²) < 4.78 is 33.7. The Hall–Kier alpha value is -3.20. The molecule has 0 spiro atoms. The number of amides is 2. The number of imidazole rings is 1. The van der Waals surface area contributed by atoms with Crippen LogP contribution in [0.15, 0.2) is 36.4 Å². The highest BCUT2D eigenvalue weighted by atomic mass is 19.2. The number of aliphatic hydroxyl groups excluding tert-OH is 1. The van der Waals surface area contributed by atoms with E-state index in [2.05, 4.69) is 20.6 Å². The lowest BCUT2D eigenvalue weighted by Gasteiger charge is -2.27. The third kappa shape index (κ3) is 4.83. The number of ether oxygens (including phenoxy) is 1. The third-order valence-electron chi connectivity index (χ3n) is 5.85. The number of aromatic nitrogens is 2. The fourth-order valence-electron chi connectivity index (χ4n) is 4.07. The number of hydrogen-bond acceptors (Lipinski definition) is 4. The van der Waals surface area contributed by atoms with Crippen molar-refractivity contribution in [3.05, 3.63) is 59.4 Å². The van der Waals surface area contributed by atoms with Crippen molar-refractivity contribution in [1.82, 2.24) is 20.6 Å². The van der Waals surface area contributed by atoms with Gasteiger partial charge in [0.2, 0.25) is 5.82 Å². The zero-order chi connectivity index (χ0) is 22.7. The molecule has 2 amide bonds. The number of H-pyrrole nitrogens is 1. The number of nitrogens with one attached hydrogen (secondary N) is 3. The summed E-state index contributed by atoms with van der Waals surface area (Å²) in [4.78, 5) is 20.4. The van der Waals surface area contributed by atoms with Crippen molar-refractivity contribution in [2.24, 2.45) is 0 Å². The van der Waals surface area contributed by atoms with Gasteiger partial charge in [-0.25, -0.2) is 14.2 Å². The lowest BCUT2D eigenvalue weighted by Crippen LogP contribution is -2.45. The van der Waals surface area contributed by atoms with Gasteiger partial charge >= 0.3 is 6.03 Å². The Balaban J connectivity index is 1.57. The summed E-state index contributed by atoms with van der Waals surface area (Å²) >= 11 is 0. The summed E-state index contributed by atoms with van der Waals surface area (Å²) in [6.07, 6.45) is 2.29. The molecule has 4 N–H and O–H groups in total. The number of fused-ring (bicyclic) bond motifs is 1. The van der Waals surface area contributed by atoms with Gasteiger partial charge < -0.3 is 25.5 Å². The molecule has 7 nitrogen and oxygen atoms in total. The molecule has 170 valence electrons. The van der Waals surface area contributed by atoms with Gasteiger partial charge in [-0.3, -0.25) is 0 Å². The molecule has 4 rings (SSSR count). The molecule has 0 aliphatic heterocycles. The predicted octanol–water partition coefficient (Wildman–Crippen LogP) is 3.74. The quantitative estimate of drug-likeness (QED) is 0.466. The Morgan fingerprint density at radius 1 is 1.19 bits per heavy atom. The fourth-order valence-corrected chi connectivity index (χ4v) is 4.07. The van der Waals surface area contributed by atoms with E-state index < -0.39 is 23.7 Å². The van der Waals surface area contributed by atoms with Gasteiger partial charge in [-0.05, 0) is 49.4 Å². The number of halogens is 2. The molecule has 1 aromatic heterocycles. The molecular formula is C23H26F2N4O3. The molecule has 1 aliphatic rings. The van der Waals surface area contributed by atoms with E-state index in [0.717, 1.165) is 5.52 Å². The maximum absolute atomic E-state index is 14.6. The number of aromatic amines is 1. The minimum atomic E-state index is -1.07. The van der Waals surface area contributed by atoms with Crippen molar-refractivity contribution in [3.8, 4) is 5.75 Å². The first kappa shape index (κ1) is 22.0. The Morgan fingerprint density at radius 2 is 1.94 bits per heavy atom. The van der Waals surface area contributed by atoms with E-state index in [0.29, 0.717) is 37.0 Å². The SMILES string of the molecule is COc1ccc(C[C@@H](NC(=O)N[C@H]2CC[C@H](O)CC2)c2nc3ccccc3[nH]2)c(F)c1F. The molecule has 0 unspecified atom stereocenters. The van der Waals surface area contributed by atoms with E-state index >= 15 is 0 Å². The summed E-state index contributed by atoms with van der Waals surface area (Å²) in [7, 11) is 1.27. The number of benzene rings is 2. The summed E-state index contributed by atoms with van der Waals surface area (Å²) in [5.41, 5.74) is 1.57. The minimum absolute atomic E-state index is 0.0105. The summed E-state index contributed by atoms with van der Waals surface area (Å²) in [5.74, 6) is -1.83. The van der Waals surface area contributed by atoms with Crippen LogP contribution in [0.5, 0.6) is 5.75 Å². The molecule has 1 fully saturated rings. The molecule has 32 heavy (non-hydrogen) atoms. The normalized spacial score (nSPS) is 19.5. The van der Waals surface area contributed by atoms with Crippen molar-refractivity contribution < 1.29 is 23.4 Å². The van der Waals surface area contributed by atoms with Crippen LogP contribution in [0.1, 0.15) is 43.1 Å². The van der Waals surface area contributed by atoms with E-state index in [1.54, 1.807) is 0 Å². The molecule has 0 radical (unpaired) electrons. The highest BCUT2D eigenvalue weighted by Crippen LogP contribution is 2.27. The standard InChI is InChI=1S/C23H26F2N4O3/c1-32-19-11-6-13(20(24)21(19)25)12-18(22-27-16-4-2-3-5-17(16)28-22)29-23(31)26-14-7-9-15(30)10-8-14/h2-6,11,14-15,18,30H,7-10,12H2,1H3,(H,27,28)(H2,26,29,31)/t14-,15-,18-/m1/s1. The highest BCUT2D eigenvalue weighted by Gasteiger charge is 2.25. The van der Waals surface area contributed by atoms with Gasteiger partial charge in [0.25, 0.3) is 0 Å². The fraction of sp³-hybridized carbons (Fsp3) is 0.391. The topological polar surface area (TPSA) is 99.3 Å². The van der Waals surface area contributed by atoms with Gasteiger partial charge in [-0.1, -0.05) is 18.2 Å². The summed E-state index contributed by atoms with van der Waals surface area (Å²) in [5, 5.41) is 15.4. The maximum Gasteiger partial charge on any atom is 0.315 e. The Morgan fingerprint density at radius 3 is 2.66 bits per heavy atom. The lowest BCUT2D eigenvalue weighted by molar-refractivity contribution is 0.117. The minimum Gasteiger partial charge on any atom is -0.494 e. The van der Waals surface area contributed by atoms with Gasteiger partial charge in [-0.15, -0.1) is 0 Å². The highest BCUT2D eigenvalue weighted by molar-refractivity contribution is 5.76. The second-order valence-corrected chi connectivity index (χ2v) is 8.07. The van der Waals surface area contributed by atoms with Crippen LogP contribution in [-0.4, -0.2) is 40.4 Å². The van der Waals surface area contributed by atoms with E-state index in [1.807, 2.05) is 24.3 Å². The van der Waals surface area contributed by atoms with Crippen LogP contribution in [0, 0.1) is 11.6 Å². The maximum atomic E-state index is 14.6. The van der Waals surface area contributed by atoms with Crippen LogP contribution in [0.25, 0.3) is 11.0 Å². The van der Waals surface area contributed by atoms with Crippen molar-refractivity contribution in [3.63, 3.8) is 0 Å². The van der Waals surface area contributed by atoms with Crippen LogP contribution < -0.4 is 15.4 Å². The summed E-state index contributed by atoms with van der Waals surface area (Å²) in [6, 6.07) is 8.98. The first-order valence-electron chi connectivity index (χ1n) is 10.6. The Bertz CT molecular complexity index is 1060. The molecule has 9 heteroatoms. The number of urea groups is 1. The van der Waals surface area contributed by atoms with Crippen molar-refractivity contribution in [2.75, 3.05) is 7.11 Å². The molecule has 1 saturated carbocycles. The Kier molecular flexibility index (Phi) is 6.55. The average molecular weight is 444 g/mol. The Labute approximate surface area is 184 Å². The van der Waals surface area contributed by atoms with Gasteiger partial charge in [0.1, 0.15) is 5.82 Å². The number of aliphatic hydroxyl groups is 1. The predicted molar refractivity (Wildman–Crippen MR) is 115 cm³/mol. The second kappa shape index (κ2) is 9.52. The van der Waals surface area contributed by atoms with Gasteiger partial charge in [0, 0.05) is 12.5 Å². The number of methoxy groups -OCH3 is 1. The molecule has 1 aliphatic carbocycles. The van der Waals surface area contributed by atoms with Crippen LogP contribution in [0.3, 0.4) is 0 Å². The average Bonchev–Trinajstić information content (AvgIpc) is 3.22. The van der Waals surface area contributed by atoms with E-state index in [-0.39, 0.29) is 29.9 Å². The molecular weight excluding hydrogens is 418 g/mol. The number of hydrogen-bond donors (Lipinski definition) is 4. The van der Waals surface area contributed by atoms with E-state index in [1.165, 1.54) is 19.2 Å². The number of carbonyl (C=O) groups excluding carboxylic acids is 1.